The molecule has 0 aliphatic rings. The minimum Gasteiger partial charge on any atom is -0.297 e. The third kappa shape index (κ3) is 32.0. The van der Waals surface area contributed by atoms with Crippen LogP contribution in [0.1, 0.15) is 40.5 Å². The number of halogens is 4. The second-order valence-electron chi connectivity index (χ2n) is 3.92. The normalized spacial score (nSPS) is 7.60. The average molecular weight is 701 g/mol. The van der Waals surface area contributed by atoms with Crippen molar-refractivity contribution in [3.05, 3.63) is 10.6 Å². The molecule has 0 unspecified atom stereocenters. The van der Waals surface area contributed by atoms with Crippen molar-refractivity contribution in [1.82, 2.24) is 0 Å². The first kappa shape index (κ1) is 32.5. The van der Waals surface area contributed by atoms with Crippen molar-refractivity contribution < 1.29 is 4.79 Å². The van der Waals surface area contributed by atoms with Gasteiger partial charge in [0, 0.05) is 5.03 Å². The zero-order valence-electron chi connectivity index (χ0n) is 14.5. The Morgan fingerprint density at radius 1 is 1.04 bits per heavy atom. The standard InChI is InChI=1S/C5H3ClN2.C5H4N2O.C3H6I2.C3H7I/c1-4(6)5(2-7)3-8;1-4(8)5(2-6)3-7;1-2-3(4)5;1-2-3-4/h1H3;5H,1H3;3H,2H2,1H3;2-3H2,1H3. The summed E-state index contributed by atoms with van der Waals surface area (Å²) in [5.74, 6) is -1.47. The first-order valence-corrected chi connectivity index (χ1v) is 11.3. The number of Topliss-reactive ketones (excluding diaryl/α,β-unsaturated/α-hetero) is 1. The topological polar surface area (TPSA) is 112 Å². The molecule has 0 aromatic rings. The fourth-order valence-corrected chi connectivity index (χ4v) is 0.474. The number of allylic oxidation sites excluding steroid dienone is 2. The maximum absolute atomic E-state index is 10.2. The van der Waals surface area contributed by atoms with Crippen molar-refractivity contribution in [3.8, 4) is 24.3 Å². The summed E-state index contributed by atoms with van der Waals surface area (Å²) in [5.41, 5.74) is -0.0216. The second kappa shape index (κ2) is 26.1. The highest BCUT2D eigenvalue weighted by atomic mass is 127. The highest BCUT2D eigenvalue weighted by molar-refractivity contribution is 14.2. The van der Waals surface area contributed by atoms with Crippen LogP contribution in [-0.4, -0.2) is 12.1 Å². The molecule has 0 fully saturated rings. The zero-order chi connectivity index (χ0) is 20.8. The summed E-state index contributed by atoms with van der Waals surface area (Å²) >= 11 is 12.4. The third-order valence-corrected chi connectivity index (χ3v) is 4.76. The molecule has 9 heteroatoms. The van der Waals surface area contributed by atoms with Gasteiger partial charge in [-0.25, -0.2) is 0 Å². The van der Waals surface area contributed by atoms with E-state index in [1.165, 1.54) is 31.1 Å². The van der Waals surface area contributed by atoms with E-state index in [-0.39, 0.29) is 10.6 Å². The lowest BCUT2D eigenvalue weighted by molar-refractivity contribution is -0.117. The molecule has 0 aromatic carbocycles. The fraction of sp³-hybridized carbons (Fsp3) is 0.562. The van der Waals surface area contributed by atoms with Crippen LogP contribution in [0, 0.1) is 51.2 Å². The molecule has 0 rings (SSSR count). The molecule has 0 saturated heterocycles. The van der Waals surface area contributed by atoms with Crippen molar-refractivity contribution in [2.24, 2.45) is 5.92 Å². The zero-order valence-corrected chi connectivity index (χ0v) is 21.7. The van der Waals surface area contributed by atoms with Crippen molar-refractivity contribution >= 4 is 85.2 Å². The minimum absolute atomic E-state index is 0.0216. The predicted molar refractivity (Wildman–Crippen MR) is 126 cm³/mol. The molecule has 0 radical (unpaired) electrons. The lowest BCUT2D eigenvalue weighted by Crippen LogP contribution is -2.03. The first-order valence-electron chi connectivity index (χ1n) is 6.93. The van der Waals surface area contributed by atoms with Gasteiger partial charge in [-0.15, -0.1) is 0 Å². The lowest BCUT2D eigenvalue weighted by Gasteiger charge is -1.85. The molecule has 0 amide bonds. The Morgan fingerprint density at radius 3 is 1.36 bits per heavy atom. The van der Waals surface area contributed by atoms with Gasteiger partial charge in [-0.3, -0.25) is 4.79 Å². The summed E-state index contributed by atoms with van der Waals surface area (Å²) in [6.07, 6.45) is 2.58. The van der Waals surface area contributed by atoms with Gasteiger partial charge in [-0.05, 0) is 31.1 Å². The summed E-state index contributed by atoms with van der Waals surface area (Å²) in [5, 5.41) is 32.4. The van der Waals surface area contributed by atoms with Gasteiger partial charge in [0.25, 0.3) is 0 Å². The van der Waals surface area contributed by atoms with Gasteiger partial charge in [-0.1, -0.05) is 93.2 Å². The number of nitriles is 4. The summed E-state index contributed by atoms with van der Waals surface area (Å²) in [6.45, 7) is 7.08. The Balaban J connectivity index is -0.000000122. The van der Waals surface area contributed by atoms with Crippen LogP contribution in [0.25, 0.3) is 0 Å². The SMILES string of the molecule is CC(=O)C(C#N)C#N.CC(Cl)=C(C#N)C#N.CCC(I)I.CCCI. The van der Waals surface area contributed by atoms with Crippen molar-refractivity contribution in [1.29, 1.82) is 21.0 Å². The summed E-state index contributed by atoms with van der Waals surface area (Å²) in [4.78, 5) is 10.2. The van der Waals surface area contributed by atoms with Crippen LogP contribution in [-0.2, 0) is 4.79 Å². The molecule has 0 N–H and O–H groups in total. The second-order valence-corrected chi connectivity index (χ2v) is 11.0. The van der Waals surface area contributed by atoms with E-state index in [0.29, 0.717) is 0 Å². The fourth-order valence-electron chi connectivity index (χ4n) is 0.390. The van der Waals surface area contributed by atoms with Gasteiger partial charge in [0.1, 0.15) is 17.7 Å². The molecule has 25 heavy (non-hydrogen) atoms. The molecular weight excluding hydrogens is 680 g/mol. The highest BCUT2D eigenvalue weighted by Gasteiger charge is 2.09. The van der Waals surface area contributed by atoms with Crippen LogP contribution >= 0.6 is 79.4 Å². The van der Waals surface area contributed by atoms with E-state index >= 15 is 0 Å². The summed E-state index contributed by atoms with van der Waals surface area (Å²) in [6, 6.07) is 6.36. The molecule has 0 aliphatic carbocycles. The third-order valence-electron chi connectivity index (χ3n) is 1.73. The Kier molecular flexibility index (Phi) is 33.9. The van der Waals surface area contributed by atoms with Crippen molar-refractivity contribution in [2.45, 2.75) is 42.5 Å². The van der Waals surface area contributed by atoms with E-state index in [0.717, 1.165) is 1.93 Å². The van der Waals surface area contributed by atoms with Gasteiger partial charge in [0.05, 0.1) is 14.1 Å². The highest BCUT2D eigenvalue weighted by Crippen LogP contribution is 2.11. The Morgan fingerprint density at radius 2 is 1.36 bits per heavy atom. The first-order chi connectivity index (χ1) is 11.6. The molecule has 0 spiro atoms. The molecule has 0 aliphatic heterocycles. The number of hydrogen-bond donors (Lipinski definition) is 0. The van der Waals surface area contributed by atoms with Gasteiger partial charge < -0.3 is 0 Å². The number of ketones is 1. The van der Waals surface area contributed by atoms with E-state index in [2.05, 4.69) is 81.6 Å². The van der Waals surface area contributed by atoms with Crippen LogP contribution in [0.5, 0.6) is 0 Å². The quantitative estimate of drug-likeness (QED) is 0.198. The van der Waals surface area contributed by atoms with E-state index in [4.69, 9.17) is 32.6 Å². The number of rotatable bonds is 3. The summed E-state index contributed by atoms with van der Waals surface area (Å²) < 4.78 is 2.11. The summed E-state index contributed by atoms with van der Waals surface area (Å²) in [7, 11) is 0. The molecule has 0 saturated carbocycles. The van der Waals surface area contributed by atoms with Crippen LogP contribution < -0.4 is 0 Å². The molecule has 0 atom stereocenters. The average Bonchev–Trinajstić information content (AvgIpc) is 2.57. The Bertz CT molecular complexity index is 516. The number of hydrogen-bond acceptors (Lipinski definition) is 5. The predicted octanol–water partition coefficient (Wildman–Crippen LogP) is 6.21. The van der Waals surface area contributed by atoms with E-state index in [1.807, 2.05) is 0 Å². The van der Waals surface area contributed by atoms with Gasteiger partial charge >= 0.3 is 0 Å². The van der Waals surface area contributed by atoms with Crippen molar-refractivity contribution in [2.75, 3.05) is 4.43 Å². The maximum atomic E-state index is 10.2. The molecule has 5 nitrogen and oxygen atoms in total. The van der Waals surface area contributed by atoms with Crippen LogP contribution in [0.15, 0.2) is 10.6 Å². The van der Waals surface area contributed by atoms with Crippen molar-refractivity contribution in [3.63, 3.8) is 0 Å². The van der Waals surface area contributed by atoms with Gasteiger partial charge in [-0.2, -0.15) is 21.0 Å². The largest absolute Gasteiger partial charge is 0.297 e. The number of carbonyl (C=O) groups is 1. The maximum Gasteiger partial charge on any atom is 0.190 e. The van der Waals surface area contributed by atoms with Crippen LogP contribution in [0.2, 0.25) is 0 Å². The minimum atomic E-state index is -1.07. The van der Waals surface area contributed by atoms with E-state index in [1.54, 1.807) is 24.3 Å². The van der Waals surface area contributed by atoms with Gasteiger partial charge in [0.15, 0.2) is 11.7 Å². The van der Waals surface area contributed by atoms with Crippen LogP contribution in [0.4, 0.5) is 0 Å². The Hall–Kier alpha value is -0.150. The number of alkyl halides is 3. The molecular formula is C16H20ClI3N4O. The molecule has 0 bridgehead atoms. The molecule has 138 valence electrons. The number of carbonyl (C=O) groups excluding carboxylic acids is 1. The molecule has 0 aromatic heterocycles. The smallest absolute Gasteiger partial charge is 0.190 e. The number of nitrogens with zero attached hydrogens (tertiary/aromatic N) is 4. The molecule has 0 heterocycles. The lowest BCUT2D eigenvalue weighted by atomic mass is 10.1. The monoisotopic (exact) mass is 700 g/mol. The van der Waals surface area contributed by atoms with E-state index < -0.39 is 11.7 Å². The van der Waals surface area contributed by atoms with Crippen LogP contribution in [0.3, 0.4) is 0 Å². The van der Waals surface area contributed by atoms with Gasteiger partial charge in [0.2, 0.25) is 0 Å². The Labute approximate surface area is 196 Å². The van der Waals surface area contributed by atoms with E-state index in [9.17, 15) is 4.79 Å².